The van der Waals surface area contributed by atoms with Crippen LogP contribution < -0.4 is 0 Å². The predicted molar refractivity (Wildman–Crippen MR) is 57.1 cm³/mol. The quantitative estimate of drug-likeness (QED) is 0.561. The molecule has 0 aliphatic heterocycles. The number of rotatable bonds is 8. The van der Waals surface area contributed by atoms with Crippen molar-refractivity contribution in [1.29, 1.82) is 0 Å². The van der Waals surface area contributed by atoms with Gasteiger partial charge in [0.2, 0.25) is 0 Å². The lowest BCUT2D eigenvalue weighted by Gasteiger charge is -2.11. The van der Waals surface area contributed by atoms with E-state index in [-0.39, 0.29) is 18.3 Å². The van der Waals surface area contributed by atoms with Crippen molar-refractivity contribution in [3.63, 3.8) is 0 Å². The summed E-state index contributed by atoms with van der Waals surface area (Å²) in [5, 5.41) is 27.5. The van der Waals surface area contributed by atoms with Gasteiger partial charge in [0.15, 0.2) is 0 Å². The summed E-state index contributed by atoms with van der Waals surface area (Å²) >= 11 is 0. The fraction of sp³-hybridized carbons (Fsp3) is 1.00. The zero-order valence-electron chi connectivity index (χ0n) is 9.32. The van der Waals surface area contributed by atoms with Gasteiger partial charge in [-0.25, -0.2) is 0 Å². The molecule has 0 aliphatic rings. The summed E-state index contributed by atoms with van der Waals surface area (Å²) in [5.74, 6) is 0. The Morgan fingerprint density at radius 2 is 1.07 bits per heavy atom. The van der Waals surface area contributed by atoms with Crippen molar-refractivity contribution >= 4 is 0 Å². The van der Waals surface area contributed by atoms with Crippen molar-refractivity contribution in [2.45, 2.75) is 70.7 Å². The molecule has 2 atom stereocenters. The topological polar surface area (TPSA) is 60.7 Å². The summed E-state index contributed by atoms with van der Waals surface area (Å²) in [6.07, 6.45) is 3.96. The molecule has 0 amide bonds. The van der Waals surface area contributed by atoms with Crippen molar-refractivity contribution < 1.29 is 15.3 Å². The van der Waals surface area contributed by atoms with Gasteiger partial charge >= 0.3 is 0 Å². The van der Waals surface area contributed by atoms with E-state index in [9.17, 15) is 5.11 Å². The van der Waals surface area contributed by atoms with Crippen LogP contribution in [0.25, 0.3) is 0 Å². The smallest absolute Gasteiger partial charge is 0.0540 e. The van der Waals surface area contributed by atoms with Crippen molar-refractivity contribution in [3.8, 4) is 0 Å². The summed E-state index contributed by atoms with van der Waals surface area (Å²) in [4.78, 5) is 0. The highest BCUT2D eigenvalue weighted by Crippen LogP contribution is 2.10. The maximum atomic E-state index is 9.51. The van der Waals surface area contributed by atoms with Gasteiger partial charge in [0.1, 0.15) is 0 Å². The van der Waals surface area contributed by atoms with E-state index in [0.717, 1.165) is 38.5 Å². The molecule has 0 aliphatic carbocycles. The third kappa shape index (κ3) is 9.96. The van der Waals surface area contributed by atoms with Gasteiger partial charge in [0.05, 0.1) is 18.3 Å². The standard InChI is InChI=1S/C11H24O3/c1-9(12)5-3-7-11(14)8-4-6-10(2)13/h9-14H,3-8H2,1-2H3. The SMILES string of the molecule is CC(O)CCCC(O)CCCC(C)O. The molecule has 0 fully saturated rings. The molecule has 3 N–H and O–H groups in total. The number of hydrogen-bond donors (Lipinski definition) is 3. The molecule has 0 saturated heterocycles. The monoisotopic (exact) mass is 204 g/mol. The van der Waals surface area contributed by atoms with Gasteiger partial charge in [0.25, 0.3) is 0 Å². The maximum absolute atomic E-state index is 9.51. The number of aliphatic hydroxyl groups excluding tert-OH is 3. The Balaban J connectivity index is 3.23. The minimum Gasteiger partial charge on any atom is -0.393 e. The molecule has 14 heavy (non-hydrogen) atoms. The van der Waals surface area contributed by atoms with E-state index in [1.54, 1.807) is 13.8 Å². The molecular formula is C11H24O3. The van der Waals surface area contributed by atoms with Gasteiger partial charge in [-0.05, 0) is 52.4 Å². The molecule has 86 valence electrons. The highest BCUT2D eigenvalue weighted by molar-refractivity contribution is 4.59. The van der Waals surface area contributed by atoms with E-state index in [1.807, 2.05) is 0 Å². The second-order valence-electron chi connectivity index (χ2n) is 4.21. The lowest BCUT2D eigenvalue weighted by atomic mass is 10.0. The zero-order valence-corrected chi connectivity index (χ0v) is 9.32. The van der Waals surface area contributed by atoms with Crippen LogP contribution in [0.4, 0.5) is 0 Å². The van der Waals surface area contributed by atoms with Crippen molar-refractivity contribution in [1.82, 2.24) is 0 Å². The normalized spacial score (nSPS) is 17.8. The minimum absolute atomic E-state index is 0.264. The Bertz CT molecular complexity index is 110. The molecule has 2 unspecified atom stereocenters. The fourth-order valence-corrected chi connectivity index (χ4v) is 1.44. The van der Waals surface area contributed by atoms with E-state index < -0.39 is 0 Å². The van der Waals surface area contributed by atoms with E-state index in [1.165, 1.54) is 0 Å². The summed E-state index contributed by atoms with van der Waals surface area (Å²) in [7, 11) is 0. The lowest BCUT2D eigenvalue weighted by Crippen LogP contribution is -2.09. The maximum Gasteiger partial charge on any atom is 0.0540 e. The van der Waals surface area contributed by atoms with Crippen LogP contribution in [0.3, 0.4) is 0 Å². The van der Waals surface area contributed by atoms with Gasteiger partial charge in [0, 0.05) is 0 Å². The molecule has 0 radical (unpaired) electrons. The van der Waals surface area contributed by atoms with Crippen molar-refractivity contribution in [3.05, 3.63) is 0 Å². The van der Waals surface area contributed by atoms with E-state index in [0.29, 0.717) is 0 Å². The summed E-state index contributed by atoms with van der Waals surface area (Å²) in [5.41, 5.74) is 0. The second-order valence-corrected chi connectivity index (χ2v) is 4.21. The Hall–Kier alpha value is -0.120. The molecule has 0 bridgehead atoms. The van der Waals surface area contributed by atoms with Gasteiger partial charge < -0.3 is 15.3 Å². The highest BCUT2D eigenvalue weighted by atomic mass is 16.3. The van der Waals surface area contributed by atoms with Crippen molar-refractivity contribution in [2.75, 3.05) is 0 Å². The van der Waals surface area contributed by atoms with Crippen LogP contribution in [-0.4, -0.2) is 33.6 Å². The summed E-state index contributed by atoms with van der Waals surface area (Å²) < 4.78 is 0. The largest absolute Gasteiger partial charge is 0.393 e. The molecular weight excluding hydrogens is 180 g/mol. The first-order valence-corrected chi connectivity index (χ1v) is 5.56. The predicted octanol–water partition coefficient (Wildman–Crippen LogP) is 1.45. The Morgan fingerprint density at radius 1 is 0.714 bits per heavy atom. The fourth-order valence-electron chi connectivity index (χ4n) is 1.44. The number of aliphatic hydroxyl groups is 3. The molecule has 0 rings (SSSR count). The van der Waals surface area contributed by atoms with Crippen LogP contribution in [0, 0.1) is 0 Å². The first kappa shape index (κ1) is 13.9. The molecule has 0 spiro atoms. The molecule has 0 saturated carbocycles. The van der Waals surface area contributed by atoms with Gasteiger partial charge in [-0.3, -0.25) is 0 Å². The van der Waals surface area contributed by atoms with E-state index in [2.05, 4.69) is 0 Å². The van der Waals surface area contributed by atoms with Crippen LogP contribution >= 0.6 is 0 Å². The van der Waals surface area contributed by atoms with E-state index in [4.69, 9.17) is 10.2 Å². The first-order chi connectivity index (χ1) is 6.52. The van der Waals surface area contributed by atoms with Crippen LogP contribution in [0.1, 0.15) is 52.4 Å². The highest BCUT2D eigenvalue weighted by Gasteiger charge is 2.05. The average molecular weight is 204 g/mol. The third-order valence-corrected chi connectivity index (χ3v) is 2.32. The lowest BCUT2D eigenvalue weighted by molar-refractivity contribution is 0.124. The van der Waals surface area contributed by atoms with Crippen LogP contribution in [0.5, 0.6) is 0 Å². The molecule has 0 aromatic heterocycles. The van der Waals surface area contributed by atoms with Crippen LogP contribution in [0.2, 0.25) is 0 Å². The molecule has 3 nitrogen and oxygen atoms in total. The Labute approximate surface area is 86.8 Å². The van der Waals surface area contributed by atoms with Crippen LogP contribution in [-0.2, 0) is 0 Å². The van der Waals surface area contributed by atoms with Gasteiger partial charge in [-0.15, -0.1) is 0 Å². The van der Waals surface area contributed by atoms with Crippen molar-refractivity contribution in [2.24, 2.45) is 0 Å². The summed E-state index contributed by atoms with van der Waals surface area (Å²) in [6, 6.07) is 0. The Kier molecular flexibility index (Phi) is 8.14. The molecule has 0 aromatic rings. The second kappa shape index (κ2) is 8.21. The first-order valence-electron chi connectivity index (χ1n) is 5.56. The molecule has 0 aromatic carbocycles. The summed E-state index contributed by atoms with van der Waals surface area (Å²) in [6.45, 7) is 3.53. The molecule has 0 heterocycles. The van der Waals surface area contributed by atoms with E-state index >= 15 is 0 Å². The Morgan fingerprint density at radius 3 is 1.36 bits per heavy atom. The average Bonchev–Trinajstić information content (AvgIpc) is 2.02. The number of hydrogen-bond acceptors (Lipinski definition) is 3. The zero-order chi connectivity index (χ0) is 11.0. The van der Waals surface area contributed by atoms with Gasteiger partial charge in [-0.2, -0.15) is 0 Å². The van der Waals surface area contributed by atoms with Gasteiger partial charge in [-0.1, -0.05) is 0 Å². The minimum atomic E-state index is -0.271. The molecule has 3 heteroatoms. The van der Waals surface area contributed by atoms with Crippen LogP contribution in [0.15, 0.2) is 0 Å². The third-order valence-electron chi connectivity index (χ3n) is 2.32.